The number of hydrogen-bond donors (Lipinski definition) is 0. The zero-order valence-electron chi connectivity index (χ0n) is 7.16. The molecule has 0 aliphatic heterocycles. The van der Waals surface area contributed by atoms with Gasteiger partial charge in [0.05, 0.1) is 0 Å². The van der Waals surface area contributed by atoms with E-state index in [1.165, 1.54) is 19.3 Å². The van der Waals surface area contributed by atoms with Crippen molar-refractivity contribution in [3.8, 4) is 0 Å². The first-order chi connectivity index (χ1) is 4.68. The standard InChI is InChI=1S/C7H16.2BrH.Zn/c1-4-5-6-7(2)3;;;/h7H,4-6H2,1-3H3;2*1H;/q;;;+2/p-2. The van der Waals surface area contributed by atoms with E-state index in [-0.39, 0.29) is 13.2 Å². The number of halogens is 2. The van der Waals surface area contributed by atoms with E-state index in [9.17, 15) is 0 Å². The minimum atomic E-state index is -0.250. The van der Waals surface area contributed by atoms with Crippen LogP contribution in [0.2, 0.25) is 0 Å². The second-order valence-corrected chi connectivity index (χ2v) is 16.7. The summed E-state index contributed by atoms with van der Waals surface area (Å²) < 4.78 is 0. The van der Waals surface area contributed by atoms with Gasteiger partial charge in [-0.05, 0) is 5.92 Å². The Balaban J connectivity index is 0. The molecule has 0 fully saturated rings. The van der Waals surface area contributed by atoms with Crippen LogP contribution in [0.3, 0.4) is 0 Å². The predicted octanol–water partition coefficient (Wildman–Crippen LogP) is 4.52. The van der Waals surface area contributed by atoms with Gasteiger partial charge in [-0.3, -0.25) is 0 Å². The van der Waals surface area contributed by atoms with Gasteiger partial charge in [-0.1, -0.05) is 40.0 Å². The van der Waals surface area contributed by atoms with Crippen molar-refractivity contribution in [1.82, 2.24) is 0 Å². The summed E-state index contributed by atoms with van der Waals surface area (Å²) in [4.78, 5) is 0. The van der Waals surface area contributed by atoms with Crippen LogP contribution in [-0.2, 0) is 13.2 Å². The topological polar surface area (TPSA) is 0 Å². The molecule has 60 valence electrons. The van der Waals surface area contributed by atoms with Crippen LogP contribution in [0.15, 0.2) is 0 Å². The molecular weight excluding hydrogens is 309 g/mol. The molecule has 0 rings (SSSR count). The Morgan fingerprint density at radius 1 is 1.30 bits per heavy atom. The van der Waals surface area contributed by atoms with Gasteiger partial charge in [0, 0.05) is 0 Å². The number of hydrogen-bond acceptors (Lipinski definition) is 0. The van der Waals surface area contributed by atoms with Crippen LogP contribution >= 0.6 is 27.2 Å². The molecule has 0 saturated heterocycles. The fourth-order valence-electron chi connectivity index (χ4n) is 0.612. The molecule has 0 atom stereocenters. The number of unbranched alkanes of at least 4 members (excludes halogenated alkanes) is 1. The Labute approximate surface area is 85.8 Å². The Kier molecular flexibility index (Phi) is 18.6. The van der Waals surface area contributed by atoms with E-state index in [1.807, 2.05) is 0 Å². The van der Waals surface area contributed by atoms with Crippen LogP contribution in [0.5, 0.6) is 0 Å². The van der Waals surface area contributed by atoms with Crippen molar-refractivity contribution >= 4 is 27.2 Å². The second kappa shape index (κ2) is 13.2. The summed E-state index contributed by atoms with van der Waals surface area (Å²) in [5, 5.41) is 0. The van der Waals surface area contributed by atoms with E-state index >= 15 is 0 Å². The average molecular weight is 325 g/mol. The van der Waals surface area contributed by atoms with Crippen LogP contribution in [0.4, 0.5) is 0 Å². The first-order valence-corrected chi connectivity index (χ1v) is 17.7. The van der Waals surface area contributed by atoms with Gasteiger partial charge in [-0.2, -0.15) is 0 Å². The van der Waals surface area contributed by atoms with Gasteiger partial charge in [0.1, 0.15) is 0 Å². The van der Waals surface area contributed by atoms with Gasteiger partial charge in [0.15, 0.2) is 0 Å². The molecule has 0 spiro atoms. The van der Waals surface area contributed by atoms with Gasteiger partial charge in [0.25, 0.3) is 0 Å². The van der Waals surface area contributed by atoms with Crippen LogP contribution in [0.25, 0.3) is 0 Å². The summed E-state index contributed by atoms with van der Waals surface area (Å²) in [6.45, 7) is 6.79. The molecule has 0 aromatic heterocycles. The van der Waals surface area contributed by atoms with Crippen LogP contribution < -0.4 is 0 Å². The molecule has 0 bridgehead atoms. The Hall–Kier alpha value is 1.58. The van der Waals surface area contributed by atoms with Crippen molar-refractivity contribution in [1.29, 1.82) is 0 Å². The first kappa shape index (κ1) is 14.1. The molecule has 0 aromatic rings. The third kappa shape index (κ3) is 22.6. The second-order valence-electron chi connectivity index (χ2n) is 2.64. The number of rotatable bonds is 3. The van der Waals surface area contributed by atoms with Gasteiger partial charge < -0.3 is 0 Å². The quantitative estimate of drug-likeness (QED) is 0.669. The molecule has 10 heavy (non-hydrogen) atoms. The van der Waals surface area contributed by atoms with Gasteiger partial charge >= 0.3 is 40.5 Å². The van der Waals surface area contributed by atoms with E-state index < -0.39 is 0 Å². The van der Waals surface area contributed by atoms with E-state index in [2.05, 4.69) is 48.0 Å². The van der Waals surface area contributed by atoms with Crippen molar-refractivity contribution in [2.75, 3.05) is 0 Å². The zero-order valence-corrected chi connectivity index (χ0v) is 13.3. The molecule has 0 unspecified atom stereocenters. The normalized spacial score (nSPS) is 8.20. The van der Waals surface area contributed by atoms with Crippen LogP contribution in [0.1, 0.15) is 40.0 Å². The Morgan fingerprint density at radius 3 is 1.80 bits per heavy atom. The van der Waals surface area contributed by atoms with Crippen molar-refractivity contribution in [3.63, 3.8) is 0 Å². The third-order valence-corrected chi connectivity index (χ3v) is 1.14. The van der Waals surface area contributed by atoms with Crippen molar-refractivity contribution in [2.24, 2.45) is 5.92 Å². The summed E-state index contributed by atoms with van der Waals surface area (Å²) in [7, 11) is 0. The van der Waals surface area contributed by atoms with E-state index in [0.717, 1.165) is 5.92 Å². The molecule has 0 saturated carbocycles. The molecule has 0 nitrogen and oxygen atoms in total. The first-order valence-electron chi connectivity index (χ1n) is 3.80. The molecule has 0 aromatic carbocycles. The third-order valence-electron chi connectivity index (χ3n) is 1.14. The van der Waals surface area contributed by atoms with E-state index in [4.69, 9.17) is 0 Å². The summed E-state index contributed by atoms with van der Waals surface area (Å²) in [5.74, 6) is 0.903. The molecule has 0 heterocycles. The molecule has 0 N–H and O–H groups in total. The fourth-order valence-corrected chi connectivity index (χ4v) is 0.612. The molecule has 3 heteroatoms. The maximum atomic E-state index is 3.25. The average Bonchev–Trinajstić information content (AvgIpc) is 1.85. The Morgan fingerprint density at radius 2 is 1.70 bits per heavy atom. The van der Waals surface area contributed by atoms with Crippen molar-refractivity contribution < 1.29 is 13.2 Å². The summed E-state index contributed by atoms with van der Waals surface area (Å²) in [6.07, 6.45) is 4.15. The molecule has 0 aliphatic rings. The molecular formula is C7H16Br2Zn. The summed E-state index contributed by atoms with van der Waals surface area (Å²) >= 11 is 6.25. The monoisotopic (exact) mass is 322 g/mol. The summed E-state index contributed by atoms with van der Waals surface area (Å²) in [6, 6.07) is 0. The zero-order chi connectivity index (χ0) is 8.41. The van der Waals surface area contributed by atoms with Gasteiger partial charge in [-0.25, -0.2) is 0 Å². The van der Waals surface area contributed by atoms with Gasteiger partial charge in [0.2, 0.25) is 0 Å². The SMILES string of the molecule is CCCCC(C)C.[Br][Zn][Br]. The van der Waals surface area contributed by atoms with Crippen LogP contribution in [-0.4, -0.2) is 0 Å². The Bertz CT molecular complexity index is 48.9. The van der Waals surface area contributed by atoms with Crippen molar-refractivity contribution in [2.45, 2.75) is 40.0 Å². The molecule has 0 amide bonds. The summed E-state index contributed by atoms with van der Waals surface area (Å²) in [5.41, 5.74) is 0. The predicted molar refractivity (Wildman–Crippen MR) is 52.2 cm³/mol. The van der Waals surface area contributed by atoms with E-state index in [1.54, 1.807) is 0 Å². The maximum absolute atomic E-state index is 3.25. The van der Waals surface area contributed by atoms with Gasteiger partial charge in [-0.15, -0.1) is 0 Å². The van der Waals surface area contributed by atoms with E-state index in [0.29, 0.717) is 0 Å². The minimum absolute atomic E-state index is 0.250. The molecule has 0 aliphatic carbocycles. The van der Waals surface area contributed by atoms with Crippen LogP contribution in [0, 0.1) is 5.92 Å². The molecule has 0 radical (unpaired) electrons. The van der Waals surface area contributed by atoms with Crippen molar-refractivity contribution in [3.05, 3.63) is 0 Å². The fraction of sp³-hybridized carbons (Fsp3) is 1.00.